The molecule has 7 heteroatoms. The highest BCUT2D eigenvalue weighted by Crippen LogP contribution is 2.25. The number of benzene rings is 1. The maximum atomic E-state index is 12.2. The van der Waals surface area contributed by atoms with Crippen LogP contribution < -0.4 is 10.4 Å². The normalized spacial score (nSPS) is 10.9. The fourth-order valence-electron chi connectivity index (χ4n) is 2.31. The molecule has 3 heterocycles. The van der Waals surface area contributed by atoms with Gasteiger partial charge in [0.25, 0.3) is 5.89 Å². The van der Waals surface area contributed by atoms with Gasteiger partial charge in [0, 0.05) is 29.4 Å². The second-order valence-electron chi connectivity index (χ2n) is 5.00. The summed E-state index contributed by atoms with van der Waals surface area (Å²) in [6.07, 6.45) is 3.24. The number of fused-ring (bicyclic) bond motifs is 1. The molecule has 3 aromatic heterocycles. The molecule has 0 N–H and O–H groups in total. The Bertz CT molecular complexity index is 1070. The van der Waals surface area contributed by atoms with E-state index in [9.17, 15) is 4.79 Å². The highest BCUT2D eigenvalue weighted by molar-refractivity contribution is 5.81. The summed E-state index contributed by atoms with van der Waals surface area (Å²) < 4.78 is 16.0. The summed E-state index contributed by atoms with van der Waals surface area (Å²) in [6.45, 7) is 0. The van der Waals surface area contributed by atoms with Crippen molar-refractivity contribution in [3.8, 4) is 28.7 Å². The standard InChI is InChI=1S/C17H11N3O4/c1-22-12-3-2-11-8-13(17(21)23-14(11)9-12)16-20-19-15(24-16)10-4-6-18-7-5-10/h2-9H,1H3. The molecule has 0 saturated carbocycles. The van der Waals surface area contributed by atoms with Crippen LogP contribution in [0, 0.1) is 0 Å². The molecule has 0 saturated heterocycles. The molecule has 0 amide bonds. The summed E-state index contributed by atoms with van der Waals surface area (Å²) in [5.41, 5.74) is 0.803. The van der Waals surface area contributed by atoms with Crippen LogP contribution in [0.1, 0.15) is 0 Å². The first kappa shape index (κ1) is 14.1. The van der Waals surface area contributed by atoms with Crippen LogP contribution in [0.15, 0.2) is 62.4 Å². The lowest BCUT2D eigenvalue weighted by Gasteiger charge is -2.02. The Morgan fingerprint density at radius 1 is 0.958 bits per heavy atom. The van der Waals surface area contributed by atoms with Crippen LogP contribution in [-0.2, 0) is 0 Å². The molecular weight excluding hydrogens is 310 g/mol. The minimum atomic E-state index is -0.555. The van der Waals surface area contributed by atoms with Crippen molar-refractivity contribution in [2.24, 2.45) is 0 Å². The van der Waals surface area contributed by atoms with Gasteiger partial charge in [0.05, 0.1) is 7.11 Å². The second kappa shape index (κ2) is 5.62. The predicted octanol–water partition coefficient (Wildman–Crippen LogP) is 2.91. The molecule has 0 radical (unpaired) electrons. The van der Waals surface area contributed by atoms with Gasteiger partial charge in [-0.1, -0.05) is 0 Å². The van der Waals surface area contributed by atoms with Crippen LogP contribution in [0.3, 0.4) is 0 Å². The molecule has 118 valence electrons. The zero-order chi connectivity index (χ0) is 16.5. The van der Waals surface area contributed by atoms with Gasteiger partial charge in [-0.25, -0.2) is 4.79 Å². The van der Waals surface area contributed by atoms with Gasteiger partial charge in [-0.2, -0.15) is 0 Å². The van der Waals surface area contributed by atoms with Gasteiger partial charge < -0.3 is 13.6 Å². The third kappa shape index (κ3) is 2.41. The third-order valence-electron chi connectivity index (χ3n) is 3.53. The lowest BCUT2D eigenvalue weighted by molar-refractivity contribution is 0.414. The lowest BCUT2D eigenvalue weighted by Crippen LogP contribution is -2.03. The van der Waals surface area contributed by atoms with Crippen molar-refractivity contribution in [2.75, 3.05) is 7.11 Å². The highest BCUT2D eigenvalue weighted by atomic mass is 16.5. The molecule has 0 aliphatic heterocycles. The van der Waals surface area contributed by atoms with Crippen molar-refractivity contribution in [3.05, 3.63) is 59.2 Å². The van der Waals surface area contributed by atoms with E-state index in [2.05, 4.69) is 15.2 Å². The van der Waals surface area contributed by atoms with Crippen LogP contribution in [0.4, 0.5) is 0 Å². The van der Waals surface area contributed by atoms with Gasteiger partial charge in [0.15, 0.2) is 0 Å². The average Bonchev–Trinajstić information content (AvgIpc) is 3.11. The van der Waals surface area contributed by atoms with E-state index in [0.717, 1.165) is 10.9 Å². The zero-order valence-electron chi connectivity index (χ0n) is 12.6. The summed E-state index contributed by atoms with van der Waals surface area (Å²) in [6, 6.07) is 10.4. The fraction of sp³-hybridized carbons (Fsp3) is 0.0588. The van der Waals surface area contributed by atoms with Crippen molar-refractivity contribution in [2.45, 2.75) is 0 Å². The number of rotatable bonds is 3. The minimum Gasteiger partial charge on any atom is -0.497 e. The number of hydrogen-bond donors (Lipinski definition) is 0. The van der Waals surface area contributed by atoms with E-state index >= 15 is 0 Å². The van der Waals surface area contributed by atoms with Gasteiger partial charge in [-0.3, -0.25) is 4.98 Å². The quantitative estimate of drug-likeness (QED) is 0.536. The first-order chi connectivity index (χ1) is 11.7. The smallest absolute Gasteiger partial charge is 0.349 e. The number of nitrogens with zero attached hydrogens (tertiary/aromatic N) is 3. The van der Waals surface area contributed by atoms with Crippen molar-refractivity contribution in [3.63, 3.8) is 0 Å². The topological polar surface area (TPSA) is 91.3 Å². The summed E-state index contributed by atoms with van der Waals surface area (Å²) >= 11 is 0. The maximum Gasteiger partial charge on any atom is 0.349 e. The predicted molar refractivity (Wildman–Crippen MR) is 85.6 cm³/mol. The average molecular weight is 321 g/mol. The Labute approximate surface area is 135 Å². The number of aromatic nitrogens is 3. The number of ether oxygens (including phenoxy) is 1. The largest absolute Gasteiger partial charge is 0.497 e. The molecule has 24 heavy (non-hydrogen) atoms. The zero-order valence-corrected chi connectivity index (χ0v) is 12.6. The molecule has 4 aromatic rings. The monoisotopic (exact) mass is 321 g/mol. The molecule has 7 nitrogen and oxygen atoms in total. The summed E-state index contributed by atoms with van der Waals surface area (Å²) in [5.74, 6) is 1.02. The summed E-state index contributed by atoms with van der Waals surface area (Å²) in [7, 11) is 1.55. The number of hydrogen-bond acceptors (Lipinski definition) is 7. The van der Waals surface area contributed by atoms with Gasteiger partial charge in [0.2, 0.25) is 5.89 Å². The molecule has 0 bridgehead atoms. The fourth-order valence-corrected chi connectivity index (χ4v) is 2.31. The molecule has 0 aliphatic carbocycles. The Balaban J connectivity index is 1.81. The van der Waals surface area contributed by atoms with Gasteiger partial charge in [0.1, 0.15) is 16.9 Å². The SMILES string of the molecule is COc1ccc2cc(-c3nnc(-c4ccncc4)o3)c(=O)oc2c1. The molecule has 0 spiro atoms. The van der Waals surface area contributed by atoms with Crippen LogP contribution in [0.2, 0.25) is 0 Å². The molecule has 0 unspecified atom stereocenters. The Morgan fingerprint density at radius 3 is 2.54 bits per heavy atom. The summed E-state index contributed by atoms with van der Waals surface area (Å²) in [4.78, 5) is 16.2. The molecule has 1 aromatic carbocycles. The van der Waals surface area contributed by atoms with Gasteiger partial charge in [-0.05, 0) is 30.3 Å². The molecule has 0 fully saturated rings. The van der Waals surface area contributed by atoms with Gasteiger partial charge >= 0.3 is 5.63 Å². The molecule has 0 atom stereocenters. The molecule has 0 aliphatic rings. The Hall–Kier alpha value is -3.48. The van der Waals surface area contributed by atoms with Crippen molar-refractivity contribution < 1.29 is 13.6 Å². The van der Waals surface area contributed by atoms with E-state index in [1.165, 1.54) is 0 Å². The van der Waals surface area contributed by atoms with Crippen LogP contribution in [0.5, 0.6) is 5.75 Å². The first-order valence-corrected chi connectivity index (χ1v) is 7.11. The third-order valence-corrected chi connectivity index (χ3v) is 3.53. The number of methoxy groups -OCH3 is 1. The van der Waals surface area contributed by atoms with Crippen LogP contribution >= 0.6 is 0 Å². The van der Waals surface area contributed by atoms with E-state index in [1.54, 1.807) is 55.9 Å². The first-order valence-electron chi connectivity index (χ1n) is 7.11. The van der Waals surface area contributed by atoms with E-state index in [1.807, 2.05) is 0 Å². The Kier molecular flexibility index (Phi) is 3.31. The van der Waals surface area contributed by atoms with Crippen molar-refractivity contribution in [1.82, 2.24) is 15.2 Å². The van der Waals surface area contributed by atoms with E-state index in [-0.39, 0.29) is 11.5 Å². The van der Waals surface area contributed by atoms with Crippen LogP contribution in [-0.4, -0.2) is 22.3 Å². The highest BCUT2D eigenvalue weighted by Gasteiger charge is 2.16. The summed E-state index contributed by atoms with van der Waals surface area (Å²) in [5, 5.41) is 8.64. The van der Waals surface area contributed by atoms with Crippen molar-refractivity contribution in [1.29, 1.82) is 0 Å². The lowest BCUT2D eigenvalue weighted by atomic mass is 10.2. The number of pyridine rings is 1. The van der Waals surface area contributed by atoms with Crippen molar-refractivity contribution >= 4 is 11.0 Å². The molecular formula is C17H11N3O4. The molecule has 4 rings (SSSR count). The minimum absolute atomic E-state index is 0.105. The maximum absolute atomic E-state index is 12.2. The van der Waals surface area contributed by atoms with E-state index in [4.69, 9.17) is 13.6 Å². The van der Waals surface area contributed by atoms with Gasteiger partial charge in [-0.15, -0.1) is 10.2 Å². The van der Waals surface area contributed by atoms with E-state index in [0.29, 0.717) is 17.2 Å². The Morgan fingerprint density at radius 2 is 1.75 bits per heavy atom. The van der Waals surface area contributed by atoms with E-state index < -0.39 is 5.63 Å². The second-order valence-corrected chi connectivity index (χ2v) is 5.00. The van der Waals surface area contributed by atoms with Crippen LogP contribution in [0.25, 0.3) is 33.9 Å².